The zero-order valence-electron chi connectivity index (χ0n) is 13.5. The Morgan fingerprint density at radius 2 is 2.00 bits per heavy atom. The lowest BCUT2D eigenvalue weighted by molar-refractivity contribution is 0.194. The van der Waals surface area contributed by atoms with Gasteiger partial charge in [-0.15, -0.1) is 10.2 Å². The van der Waals surface area contributed by atoms with Crippen LogP contribution in [0.5, 0.6) is 0 Å². The summed E-state index contributed by atoms with van der Waals surface area (Å²) in [7, 11) is 0. The molecular formula is C18H17FN4O2. The lowest BCUT2D eigenvalue weighted by Crippen LogP contribution is -1.99. The van der Waals surface area contributed by atoms with Crippen LogP contribution in [0.3, 0.4) is 0 Å². The van der Waals surface area contributed by atoms with Crippen LogP contribution < -0.4 is 5.32 Å². The molecule has 0 radical (unpaired) electrons. The van der Waals surface area contributed by atoms with Crippen molar-refractivity contribution in [1.82, 2.24) is 15.2 Å². The number of hydrogen-bond acceptors (Lipinski definition) is 6. The largest absolute Gasteiger partial charge is 0.417 e. The first kappa shape index (κ1) is 15.7. The van der Waals surface area contributed by atoms with Crippen LogP contribution in [0.2, 0.25) is 0 Å². The van der Waals surface area contributed by atoms with Crippen molar-refractivity contribution in [3.63, 3.8) is 0 Å². The van der Waals surface area contributed by atoms with Crippen molar-refractivity contribution in [2.45, 2.75) is 18.9 Å². The second kappa shape index (κ2) is 6.98. The molecule has 6 nitrogen and oxygen atoms in total. The molecule has 1 unspecified atom stereocenters. The predicted octanol–water partition coefficient (Wildman–Crippen LogP) is 3.39. The van der Waals surface area contributed by atoms with Crippen LogP contribution in [0.15, 0.2) is 47.0 Å². The minimum Gasteiger partial charge on any atom is -0.417 e. The number of nitrogens with zero attached hydrogens (tertiary/aromatic N) is 3. The summed E-state index contributed by atoms with van der Waals surface area (Å²) in [5.74, 6) is 0.962. The zero-order chi connectivity index (χ0) is 17.1. The van der Waals surface area contributed by atoms with E-state index in [4.69, 9.17) is 9.15 Å². The van der Waals surface area contributed by atoms with Crippen LogP contribution in [0, 0.1) is 5.82 Å². The molecule has 1 aliphatic heterocycles. The Hall–Kier alpha value is -2.80. The van der Waals surface area contributed by atoms with Crippen molar-refractivity contribution in [2.75, 3.05) is 18.5 Å². The second-order valence-electron chi connectivity index (χ2n) is 5.90. The first-order valence-electron chi connectivity index (χ1n) is 8.14. The maximum atomic E-state index is 12.9. The Morgan fingerprint density at radius 3 is 2.72 bits per heavy atom. The van der Waals surface area contributed by atoms with Crippen molar-refractivity contribution in [3.05, 3.63) is 59.9 Å². The number of anilines is 1. The third-order valence-electron chi connectivity index (χ3n) is 4.16. The van der Waals surface area contributed by atoms with Crippen molar-refractivity contribution in [3.8, 4) is 11.6 Å². The first-order chi connectivity index (χ1) is 12.3. The van der Waals surface area contributed by atoms with Crippen LogP contribution in [0.4, 0.5) is 10.1 Å². The number of ether oxygens (including phenoxy) is 1. The third kappa shape index (κ3) is 3.66. The zero-order valence-corrected chi connectivity index (χ0v) is 13.5. The second-order valence-corrected chi connectivity index (χ2v) is 5.90. The summed E-state index contributed by atoms with van der Waals surface area (Å²) in [6.45, 7) is 1.91. The summed E-state index contributed by atoms with van der Waals surface area (Å²) >= 11 is 0. The molecule has 1 fully saturated rings. The SMILES string of the molecule is Fc1ccc(NCc2nnc(-c3ccc(C4CCOC4)cn3)o2)cc1. The average Bonchev–Trinajstić information content (AvgIpc) is 3.34. The van der Waals surface area contributed by atoms with Crippen LogP contribution in [0.1, 0.15) is 23.8 Å². The van der Waals surface area contributed by atoms with Gasteiger partial charge in [0.05, 0.1) is 13.2 Å². The molecule has 3 heterocycles. The van der Waals surface area contributed by atoms with E-state index in [1.54, 1.807) is 12.1 Å². The van der Waals surface area contributed by atoms with Crippen LogP contribution in [-0.2, 0) is 11.3 Å². The molecule has 1 atom stereocenters. The number of benzene rings is 1. The lowest BCUT2D eigenvalue weighted by Gasteiger charge is -2.06. The summed E-state index contributed by atoms with van der Waals surface area (Å²) in [5, 5.41) is 11.1. The van der Waals surface area contributed by atoms with E-state index in [0.717, 1.165) is 25.3 Å². The van der Waals surface area contributed by atoms with Crippen LogP contribution in [0.25, 0.3) is 11.6 Å². The van der Waals surface area contributed by atoms with Gasteiger partial charge in [0.15, 0.2) is 0 Å². The molecule has 3 aromatic rings. The maximum absolute atomic E-state index is 12.9. The highest BCUT2D eigenvalue weighted by atomic mass is 19.1. The molecule has 0 spiro atoms. The van der Waals surface area contributed by atoms with Crippen molar-refractivity contribution >= 4 is 5.69 Å². The molecule has 128 valence electrons. The summed E-state index contributed by atoms with van der Waals surface area (Å²) < 4.78 is 23.9. The van der Waals surface area contributed by atoms with E-state index in [-0.39, 0.29) is 5.82 Å². The van der Waals surface area contributed by atoms with Crippen molar-refractivity contribution < 1.29 is 13.5 Å². The van der Waals surface area contributed by atoms with Gasteiger partial charge in [-0.3, -0.25) is 4.98 Å². The van der Waals surface area contributed by atoms with Crippen molar-refractivity contribution in [2.24, 2.45) is 0 Å². The van der Waals surface area contributed by atoms with Crippen LogP contribution in [-0.4, -0.2) is 28.4 Å². The van der Waals surface area contributed by atoms with Gasteiger partial charge in [0.25, 0.3) is 5.89 Å². The van der Waals surface area contributed by atoms with Gasteiger partial charge in [-0.1, -0.05) is 6.07 Å². The Morgan fingerprint density at radius 1 is 1.12 bits per heavy atom. The number of halogens is 1. The van der Waals surface area contributed by atoms with Gasteiger partial charge in [0, 0.05) is 24.4 Å². The van der Waals surface area contributed by atoms with Gasteiger partial charge in [-0.2, -0.15) is 0 Å². The molecule has 0 aliphatic carbocycles. The molecule has 7 heteroatoms. The standard InChI is InChI=1S/C18H17FN4O2/c19-14-2-4-15(5-3-14)20-10-17-22-23-18(25-17)16-6-1-12(9-21-16)13-7-8-24-11-13/h1-6,9,13,20H,7-8,10-11H2. The minimum atomic E-state index is -0.274. The van der Waals surface area contributed by atoms with Gasteiger partial charge < -0.3 is 14.5 Å². The predicted molar refractivity (Wildman–Crippen MR) is 89.4 cm³/mol. The molecule has 0 saturated carbocycles. The molecule has 1 saturated heterocycles. The van der Waals surface area contributed by atoms with E-state index in [1.165, 1.54) is 17.7 Å². The van der Waals surface area contributed by atoms with E-state index < -0.39 is 0 Å². The van der Waals surface area contributed by atoms with E-state index >= 15 is 0 Å². The molecule has 4 rings (SSSR count). The number of hydrogen-bond donors (Lipinski definition) is 1. The van der Waals surface area contributed by atoms with Crippen LogP contribution >= 0.6 is 0 Å². The topological polar surface area (TPSA) is 73.1 Å². The lowest BCUT2D eigenvalue weighted by atomic mass is 10.0. The smallest absolute Gasteiger partial charge is 0.266 e. The van der Waals surface area contributed by atoms with Gasteiger partial charge in [-0.05, 0) is 42.3 Å². The summed E-state index contributed by atoms with van der Waals surface area (Å²) in [6.07, 6.45) is 2.87. The highest BCUT2D eigenvalue weighted by Gasteiger charge is 2.18. The fourth-order valence-corrected chi connectivity index (χ4v) is 2.74. The number of pyridine rings is 1. The molecular weight excluding hydrogens is 323 g/mol. The fourth-order valence-electron chi connectivity index (χ4n) is 2.74. The quantitative estimate of drug-likeness (QED) is 0.767. The molecule has 2 aromatic heterocycles. The minimum absolute atomic E-state index is 0.274. The summed E-state index contributed by atoms with van der Waals surface area (Å²) in [5.41, 5.74) is 2.59. The number of nitrogens with one attached hydrogen (secondary N) is 1. The highest BCUT2D eigenvalue weighted by Crippen LogP contribution is 2.26. The van der Waals surface area contributed by atoms with Crippen molar-refractivity contribution in [1.29, 1.82) is 0 Å². The van der Waals surface area contributed by atoms with E-state index in [0.29, 0.717) is 29.9 Å². The average molecular weight is 340 g/mol. The molecule has 0 bridgehead atoms. The Bertz CT molecular complexity index is 827. The van der Waals surface area contributed by atoms with E-state index in [1.807, 2.05) is 18.3 Å². The Labute approximate surface area is 144 Å². The van der Waals surface area contributed by atoms with E-state index in [9.17, 15) is 4.39 Å². The number of rotatable bonds is 5. The van der Waals surface area contributed by atoms with Gasteiger partial charge in [0.2, 0.25) is 5.89 Å². The fraction of sp³-hybridized carbons (Fsp3) is 0.278. The summed E-state index contributed by atoms with van der Waals surface area (Å²) in [4.78, 5) is 4.42. The molecule has 1 N–H and O–H groups in total. The third-order valence-corrected chi connectivity index (χ3v) is 4.16. The Balaban J connectivity index is 1.41. The highest BCUT2D eigenvalue weighted by molar-refractivity contribution is 5.47. The normalized spacial score (nSPS) is 16.9. The monoisotopic (exact) mass is 340 g/mol. The molecule has 1 aromatic carbocycles. The van der Waals surface area contributed by atoms with Gasteiger partial charge in [-0.25, -0.2) is 4.39 Å². The van der Waals surface area contributed by atoms with E-state index in [2.05, 4.69) is 20.5 Å². The molecule has 1 aliphatic rings. The molecule has 0 amide bonds. The van der Waals surface area contributed by atoms with Gasteiger partial charge >= 0.3 is 0 Å². The van der Waals surface area contributed by atoms with Gasteiger partial charge in [0.1, 0.15) is 11.5 Å². The first-order valence-corrected chi connectivity index (χ1v) is 8.14. The molecule has 25 heavy (non-hydrogen) atoms. The summed E-state index contributed by atoms with van der Waals surface area (Å²) in [6, 6.07) is 10.0. The number of aromatic nitrogens is 3. The Kier molecular flexibility index (Phi) is 4.39. The maximum Gasteiger partial charge on any atom is 0.266 e.